The van der Waals surface area contributed by atoms with Gasteiger partial charge in [-0.15, -0.1) is 0 Å². The maximum Gasteiger partial charge on any atom is 0.328 e. The van der Waals surface area contributed by atoms with E-state index in [-0.39, 0.29) is 73.7 Å². The number of nitrogens with zero attached hydrogens (tertiary/aromatic N) is 1. The van der Waals surface area contributed by atoms with Gasteiger partial charge in [-0.05, 0) is 93.3 Å². The molecule has 53 heavy (non-hydrogen) atoms. The lowest BCUT2D eigenvalue weighted by Gasteiger charge is -2.35. The molecule has 4 N–H and O–H groups in total. The number of carbonyl (C=O) groups is 4. The van der Waals surface area contributed by atoms with Gasteiger partial charge in [0.15, 0.2) is 6.29 Å². The zero-order valence-corrected chi connectivity index (χ0v) is 33.9. The van der Waals surface area contributed by atoms with Crippen LogP contribution < -0.4 is 21.7 Å². The number of halogens is 2. The van der Waals surface area contributed by atoms with E-state index in [9.17, 15) is 33.5 Å². The minimum Gasteiger partial charge on any atom is -0.462 e. The fourth-order valence-corrected chi connectivity index (χ4v) is 5.07. The number of hydrogen-bond acceptors (Lipinski definition) is 12. The molecule has 17 heteroatoms. The third-order valence-electron chi connectivity index (χ3n) is 7.45. The van der Waals surface area contributed by atoms with Gasteiger partial charge in [-0.2, -0.15) is 0 Å². The predicted molar refractivity (Wildman–Crippen MR) is 202 cm³/mol. The van der Waals surface area contributed by atoms with E-state index < -0.39 is 59.2 Å². The van der Waals surface area contributed by atoms with Crippen LogP contribution in [0, 0.1) is 21.7 Å². The second kappa shape index (κ2) is 20.7. The normalized spacial score (nSPS) is 13.4. The number of pyridine rings is 1. The molecule has 0 saturated heterocycles. The lowest BCUT2D eigenvalue weighted by atomic mass is 9.89. The van der Waals surface area contributed by atoms with Crippen molar-refractivity contribution in [1.82, 2.24) is 15.4 Å². The van der Waals surface area contributed by atoms with E-state index in [0.29, 0.717) is 3.57 Å². The maximum atomic E-state index is 14.5. The Morgan fingerprint density at radius 1 is 1.02 bits per heavy atom. The van der Waals surface area contributed by atoms with Crippen LogP contribution >= 0.6 is 22.6 Å². The van der Waals surface area contributed by atoms with Crippen molar-refractivity contribution in [2.24, 2.45) is 12.5 Å². The third kappa shape index (κ3) is 15.7. The highest BCUT2D eigenvalue weighted by Crippen LogP contribution is 2.26. The van der Waals surface area contributed by atoms with Gasteiger partial charge in [0, 0.05) is 29.0 Å². The van der Waals surface area contributed by atoms with E-state index >= 15 is 0 Å². The average molecular weight is 863 g/mol. The van der Waals surface area contributed by atoms with E-state index in [0.717, 1.165) is 0 Å². The zero-order chi connectivity index (χ0) is 40.1. The van der Waals surface area contributed by atoms with E-state index in [1.807, 2.05) is 64.1 Å². The molecule has 3 atom stereocenters. The molecule has 0 saturated carbocycles. The first-order valence-corrected chi connectivity index (χ1v) is 18.1. The van der Waals surface area contributed by atoms with Gasteiger partial charge in [-0.25, -0.2) is 14.7 Å². The first-order valence-electron chi connectivity index (χ1n) is 17.0. The summed E-state index contributed by atoms with van der Waals surface area (Å²) in [5.41, 5.74) is 1.17. The quantitative estimate of drug-likeness (QED) is 0.0519. The highest BCUT2D eigenvalue weighted by atomic mass is 127. The van der Waals surface area contributed by atoms with Crippen molar-refractivity contribution in [2.75, 3.05) is 31.7 Å². The number of hydroxylamine groups is 1. The van der Waals surface area contributed by atoms with Crippen molar-refractivity contribution < 1.29 is 52.5 Å². The van der Waals surface area contributed by atoms with Crippen molar-refractivity contribution in [2.45, 2.75) is 98.7 Å². The molecule has 296 valence electrons. The molecule has 0 fully saturated rings. The highest BCUT2D eigenvalue weighted by Gasteiger charge is 2.31. The molecular weight excluding hydrogens is 810 g/mol. The minimum atomic E-state index is -1.01. The van der Waals surface area contributed by atoms with E-state index in [1.54, 1.807) is 6.07 Å². The summed E-state index contributed by atoms with van der Waals surface area (Å²) in [5.74, 6) is -3.09. The Morgan fingerprint density at radius 2 is 1.70 bits per heavy atom. The van der Waals surface area contributed by atoms with E-state index in [2.05, 4.69) is 16.1 Å². The molecular formula is C36H52FIN4O11. The predicted octanol–water partition coefficient (Wildman–Crippen LogP) is 4.17. The average Bonchev–Trinajstić information content (AvgIpc) is 3.05. The molecule has 0 bridgehead atoms. The van der Waals surface area contributed by atoms with Crippen molar-refractivity contribution in [3.63, 3.8) is 0 Å². The van der Waals surface area contributed by atoms with Gasteiger partial charge in [-0.1, -0.05) is 20.8 Å². The first-order chi connectivity index (χ1) is 24.6. The molecule has 1 aromatic heterocycles. The summed E-state index contributed by atoms with van der Waals surface area (Å²) < 4.78 is 38.6. The molecule has 2 amide bonds. The summed E-state index contributed by atoms with van der Waals surface area (Å²) in [6, 6.07) is 4.78. The van der Waals surface area contributed by atoms with Crippen molar-refractivity contribution in [1.29, 1.82) is 0 Å². The first kappa shape index (κ1) is 45.5. The molecule has 2 aromatic rings. The second-order valence-electron chi connectivity index (χ2n) is 14.3. The van der Waals surface area contributed by atoms with Crippen molar-refractivity contribution in [3.8, 4) is 0 Å². The molecule has 0 spiro atoms. The van der Waals surface area contributed by atoms with Gasteiger partial charge < -0.3 is 34.7 Å². The molecule has 1 heterocycles. The van der Waals surface area contributed by atoms with E-state index in [1.165, 1.54) is 43.7 Å². The maximum absolute atomic E-state index is 14.5. The fraction of sp³-hybridized carbons (Fsp3) is 0.583. The Hall–Kier alpha value is -3.65. The van der Waals surface area contributed by atoms with Crippen LogP contribution in [0.2, 0.25) is 0 Å². The van der Waals surface area contributed by atoms with Gasteiger partial charge in [0.05, 0.1) is 29.6 Å². The number of hydrogen-bond donors (Lipinski definition) is 4. The van der Waals surface area contributed by atoms with Gasteiger partial charge in [0.25, 0.3) is 11.5 Å². The minimum absolute atomic E-state index is 0.00388. The van der Waals surface area contributed by atoms with Crippen LogP contribution in [0.1, 0.15) is 83.7 Å². The zero-order valence-electron chi connectivity index (χ0n) is 31.7. The number of aliphatic hydroxyl groups excluding tert-OH is 1. The van der Waals surface area contributed by atoms with Crippen LogP contribution in [0.25, 0.3) is 0 Å². The van der Waals surface area contributed by atoms with E-state index in [4.69, 9.17) is 23.8 Å². The number of rotatable bonds is 19. The smallest absolute Gasteiger partial charge is 0.328 e. The van der Waals surface area contributed by atoms with Crippen LogP contribution in [0.5, 0.6) is 0 Å². The SMILES string of the molecule is Cc1cc(C(=O)NOCCOC(=O)[C@H](C)NC(=O)CCCC(=O)OCC(OC(CO)C(C)(C)C)OC(C)(C)C)c(Nc2ccc(I)cc2F)n(C)c1=O. The summed E-state index contributed by atoms with van der Waals surface area (Å²) in [4.78, 5) is 67.8. The summed E-state index contributed by atoms with van der Waals surface area (Å²) in [6.07, 6.45) is -1.45. The number of amides is 2. The number of aryl methyl sites for hydroxylation is 1. The van der Waals surface area contributed by atoms with Gasteiger partial charge in [0.1, 0.15) is 37.5 Å². The molecule has 2 rings (SSSR count). The second-order valence-corrected chi connectivity index (χ2v) is 15.6. The van der Waals surface area contributed by atoms with Crippen LogP contribution in [0.15, 0.2) is 29.1 Å². The monoisotopic (exact) mass is 862 g/mol. The van der Waals surface area contributed by atoms with Crippen LogP contribution in [-0.4, -0.2) is 83.9 Å². The topological polar surface area (TPSA) is 193 Å². The lowest BCUT2D eigenvalue weighted by molar-refractivity contribution is -0.251. The summed E-state index contributed by atoms with van der Waals surface area (Å²) in [6.45, 7) is 13.2. The number of benzene rings is 1. The Balaban J connectivity index is 1.77. The molecule has 1 aromatic carbocycles. The number of ether oxygens (including phenoxy) is 4. The number of carbonyl (C=O) groups excluding carboxylic acids is 4. The fourth-order valence-electron chi connectivity index (χ4n) is 4.62. The Bertz CT molecular complexity index is 1640. The molecule has 2 unspecified atom stereocenters. The molecule has 15 nitrogen and oxygen atoms in total. The number of anilines is 2. The van der Waals surface area contributed by atoms with Gasteiger partial charge >= 0.3 is 11.9 Å². The number of esters is 2. The highest BCUT2D eigenvalue weighted by molar-refractivity contribution is 14.1. The Labute approximate surface area is 322 Å². The molecule has 0 radical (unpaired) electrons. The third-order valence-corrected chi connectivity index (χ3v) is 8.12. The van der Waals surface area contributed by atoms with Crippen LogP contribution in [-0.2, 0) is 45.2 Å². The Kier molecular flexibility index (Phi) is 17.8. The Morgan fingerprint density at radius 3 is 2.30 bits per heavy atom. The molecule has 0 aliphatic heterocycles. The summed E-state index contributed by atoms with van der Waals surface area (Å²) >= 11 is 1.96. The van der Waals surface area contributed by atoms with Gasteiger partial charge in [0.2, 0.25) is 5.91 Å². The van der Waals surface area contributed by atoms with Crippen molar-refractivity contribution >= 4 is 57.8 Å². The number of aliphatic hydroxyl groups is 1. The number of nitrogens with one attached hydrogen (secondary N) is 3. The lowest BCUT2D eigenvalue weighted by Crippen LogP contribution is -2.42. The van der Waals surface area contributed by atoms with Crippen LogP contribution in [0.3, 0.4) is 0 Å². The molecule has 0 aliphatic rings. The van der Waals surface area contributed by atoms with Gasteiger partial charge in [-0.3, -0.25) is 28.6 Å². The number of aromatic nitrogens is 1. The summed E-state index contributed by atoms with van der Waals surface area (Å²) in [5, 5.41) is 15.1. The standard InChI is InChI=1S/C36H52FIN4O11/c1-21-17-24(31(42(9)33(21)47)40-26-14-13-23(38)18-25(26)37)32(46)41-51-16-15-49-34(48)22(2)39-28(44)11-10-12-29(45)50-20-30(53-36(6,7)8)52-27(19-43)35(3,4)5/h13-14,17-18,22,27,30,40,43H,10-12,15-16,19-20H2,1-9H3,(H,39,44)(H,41,46)/t22-,27?,30?/m0/s1. The summed E-state index contributed by atoms with van der Waals surface area (Å²) in [7, 11) is 1.44. The van der Waals surface area contributed by atoms with Crippen LogP contribution in [0.4, 0.5) is 15.9 Å². The largest absolute Gasteiger partial charge is 0.462 e. The van der Waals surface area contributed by atoms with Crippen molar-refractivity contribution in [3.05, 3.63) is 55.1 Å². The molecule has 0 aliphatic carbocycles.